The summed E-state index contributed by atoms with van der Waals surface area (Å²) >= 11 is 0. The zero-order valence-electron chi connectivity index (χ0n) is 11.8. The molecule has 7 heteroatoms. The second kappa shape index (κ2) is 9.28. The van der Waals surface area contributed by atoms with Crippen LogP contribution in [0.5, 0.6) is 5.75 Å². The number of alkyl halides is 2. The Hall–Kier alpha value is -2.70. The molecule has 0 aromatic heterocycles. The van der Waals surface area contributed by atoms with Crippen LogP contribution in [-0.4, -0.2) is 25.1 Å². The molecule has 1 N–H and O–H groups in total. The van der Waals surface area contributed by atoms with Gasteiger partial charge >= 0.3 is 12.6 Å². The van der Waals surface area contributed by atoms with E-state index in [9.17, 15) is 18.4 Å². The Labute approximate surface area is 126 Å². The van der Waals surface area contributed by atoms with Crippen molar-refractivity contribution in [3.05, 3.63) is 48.6 Å². The molecule has 1 amide bonds. The molecule has 0 bridgehead atoms. The van der Waals surface area contributed by atoms with Crippen molar-refractivity contribution in [2.45, 2.75) is 13.5 Å². The van der Waals surface area contributed by atoms with Crippen LogP contribution in [0.4, 0.5) is 14.5 Å². The highest BCUT2D eigenvalue weighted by atomic mass is 19.3. The molecule has 0 heterocycles. The topological polar surface area (TPSA) is 64.6 Å². The number of benzene rings is 1. The maximum atomic E-state index is 12.0. The summed E-state index contributed by atoms with van der Waals surface area (Å²) in [6, 6.07) is 5.36. The van der Waals surface area contributed by atoms with Gasteiger partial charge in [0.15, 0.2) is 6.61 Å². The monoisotopic (exact) mass is 311 g/mol. The van der Waals surface area contributed by atoms with E-state index in [0.29, 0.717) is 5.69 Å². The lowest BCUT2D eigenvalue weighted by atomic mass is 10.3. The molecule has 0 saturated carbocycles. The van der Waals surface area contributed by atoms with Gasteiger partial charge in [0, 0.05) is 11.8 Å². The molecule has 0 atom stereocenters. The van der Waals surface area contributed by atoms with Gasteiger partial charge in [-0.3, -0.25) is 4.79 Å². The highest BCUT2D eigenvalue weighted by molar-refractivity contribution is 5.93. The minimum absolute atomic E-state index is 0.0199. The van der Waals surface area contributed by atoms with Crippen molar-refractivity contribution < 1.29 is 27.8 Å². The zero-order chi connectivity index (χ0) is 16.4. The van der Waals surface area contributed by atoms with Crippen molar-refractivity contribution in [1.29, 1.82) is 0 Å². The standard InChI is InChI=1S/C15H15F2NO4/c1-2-3-4-5-14(20)21-10-13(19)18-11-6-8-12(9-7-11)22-15(16)17/h2-9,15H,10H2,1H3,(H,18,19)/b3-2+,5-4+. The number of hydrogen-bond acceptors (Lipinski definition) is 4. The number of esters is 1. The van der Waals surface area contributed by atoms with E-state index in [0.717, 1.165) is 0 Å². The molecular weight excluding hydrogens is 296 g/mol. The third-order valence-electron chi connectivity index (χ3n) is 2.24. The van der Waals surface area contributed by atoms with Gasteiger partial charge < -0.3 is 14.8 Å². The number of ether oxygens (including phenoxy) is 2. The average Bonchev–Trinajstić information content (AvgIpc) is 2.47. The molecule has 0 aliphatic rings. The number of carbonyl (C=O) groups is 2. The summed E-state index contributed by atoms with van der Waals surface area (Å²) in [6.45, 7) is -1.56. The molecule has 1 rings (SSSR count). The Balaban J connectivity index is 2.40. The van der Waals surface area contributed by atoms with Crippen LogP contribution in [0.1, 0.15) is 6.92 Å². The van der Waals surface area contributed by atoms with Crippen molar-refractivity contribution in [1.82, 2.24) is 0 Å². The first-order chi connectivity index (χ1) is 10.5. The molecule has 0 fully saturated rings. The van der Waals surface area contributed by atoms with E-state index in [4.69, 9.17) is 4.74 Å². The van der Waals surface area contributed by atoms with Gasteiger partial charge in [-0.15, -0.1) is 0 Å². The van der Waals surface area contributed by atoms with Crippen molar-refractivity contribution >= 4 is 17.6 Å². The molecule has 0 saturated heterocycles. The Morgan fingerprint density at radius 3 is 2.50 bits per heavy atom. The summed E-state index contributed by atoms with van der Waals surface area (Å²) in [4.78, 5) is 22.7. The normalized spacial score (nSPS) is 11.1. The number of halogens is 2. The molecule has 1 aromatic rings. The maximum absolute atomic E-state index is 12.0. The Morgan fingerprint density at radius 1 is 1.23 bits per heavy atom. The molecule has 0 radical (unpaired) electrons. The van der Waals surface area contributed by atoms with Gasteiger partial charge in [-0.05, 0) is 31.2 Å². The lowest BCUT2D eigenvalue weighted by Crippen LogP contribution is -2.20. The van der Waals surface area contributed by atoms with E-state index in [1.165, 1.54) is 36.4 Å². The Morgan fingerprint density at radius 2 is 1.91 bits per heavy atom. The molecule has 5 nitrogen and oxygen atoms in total. The molecule has 118 valence electrons. The quantitative estimate of drug-likeness (QED) is 0.478. The van der Waals surface area contributed by atoms with Crippen molar-refractivity contribution in [2.75, 3.05) is 11.9 Å². The average molecular weight is 311 g/mol. The molecule has 1 aromatic carbocycles. The SMILES string of the molecule is C/C=C/C=C/C(=O)OCC(=O)Nc1ccc(OC(F)F)cc1. The molecular formula is C15H15F2NO4. The number of amides is 1. The third kappa shape index (κ3) is 7.18. The number of hydrogen-bond donors (Lipinski definition) is 1. The second-order valence-corrected chi connectivity index (χ2v) is 3.94. The van der Waals surface area contributed by atoms with Crippen LogP contribution in [-0.2, 0) is 14.3 Å². The van der Waals surface area contributed by atoms with Crippen LogP contribution in [0.3, 0.4) is 0 Å². The van der Waals surface area contributed by atoms with Gasteiger partial charge in [-0.1, -0.05) is 18.2 Å². The van der Waals surface area contributed by atoms with E-state index in [2.05, 4.69) is 10.1 Å². The van der Waals surface area contributed by atoms with E-state index in [1.807, 2.05) is 0 Å². The summed E-state index contributed by atoms with van der Waals surface area (Å²) in [5, 5.41) is 2.45. The lowest BCUT2D eigenvalue weighted by molar-refractivity contribution is -0.142. The van der Waals surface area contributed by atoms with Gasteiger partial charge in [0.25, 0.3) is 5.91 Å². The van der Waals surface area contributed by atoms with Crippen molar-refractivity contribution in [3.63, 3.8) is 0 Å². The van der Waals surface area contributed by atoms with Crippen LogP contribution in [0.15, 0.2) is 48.6 Å². The van der Waals surface area contributed by atoms with Gasteiger partial charge in [0.2, 0.25) is 0 Å². The van der Waals surface area contributed by atoms with Crippen molar-refractivity contribution in [3.8, 4) is 5.75 Å². The van der Waals surface area contributed by atoms with E-state index < -0.39 is 25.1 Å². The number of carbonyl (C=O) groups excluding carboxylic acids is 2. The summed E-state index contributed by atoms with van der Waals surface area (Å²) < 4.78 is 32.8. The lowest BCUT2D eigenvalue weighted by Gasteiger charge is -2.07. The van der Waals surface area contributed by atoms with Crippen LogP contribution in [0.25, 0.3) is 0 Å². The largest absolute Gasteiger partial charge is 0.452 e. The number of nitrogens with one attached hydrogen (secondary N) is 1. The second-order valence-electron chi connectivity index (χ2n) is 3.94. The first-order valence-corrected chi connectivity index (χ1v) is 6.32. The van der Waals surface area contributed by atoms with Crippen LogP contribution in [0, 0.1) is 0 Å². The first kappa shape index (κ1) is 17.4. The number of anilines is 1. The fourth-order valence-corrected chi connectivity index (χ4v) is 1.35. The smallest absolute Gasteiger partial charge is 0.387 e. The molecule has 0 aliphatic carbocycles. The summed E-state index contributed by atoms with van der Waals surface area (Å²) in [5.74, 6) is -1.21. The molecule has 0 unspecified atom stereocenters. The number of rotatable bonds is 7. The zero-order valence-corrected chi connectivity index (χ0v) is 11.8. The Kier molecular flexibility index (Phi) is 7.32. The minimum Gasteiger partial charge on any atom is -0.452 e. The van der Waals surface area contributed by atoms with Gasteiger partial charge in [-0.2, -0.15) is 8.78 Å². The highest BCUT2D eigenvalue weighted by Gasteiger charge is 2.07. The van der Waals surface area contributed by atoms with Gasteiger partial charge in [-0.25, -0.2) is 4.79 Å². The van der Waals surface area contributed by atoms with Crippen LogP contribution < -0.4 is 10.1 Å². The Bertz CT molecular complexity index is 553. The van der Waals surface area contributed by atoms with Crippen LogP contribution >= 0.6 is 0 Å². The fourth-order valence-electron chi connectivity index (χ4n) is 1.35. The fraction of sp³-hybridized carbons (Fsp3) is 0.200. The molecule has 0 spiro atoms. The van der Waals surface area contributed by atoms with E-state index in [-0.39, 0.29) is 5.75 Å². The van der Waals surface area contributed by atoms with Crippen LogP contribution in [0.2, 0.25) is 0 Å². The van der Waals surface area contributed by atoms with E-state index in [1.54, 1.807) is 19.1 Å². The summed E-state index contributed by atoms with van der Waals surface area (Å²) in [6.07, 6.45) is 6.05. The maximum Gasteiger partial charge on any atom is 0.387 e. The molecule has 0 aliphatic heterocycles. The first-order valence-electron chi connectivity index (χ1n) is 6.32. The van der Waals surface area contributed by atoms with Gasteiger partial charge in [0.05, 0.1) is 0 Å². The minimum atomic E-state index is -2.91. The highest BCUT2D eigenvalue weighted by Crippen LogP contribution is 2.17. The predicted molar refractivity (Wildman–Crippen MR) is 76.6 cm³/mol. The van der Waals surface area contributed by atoms with Gasteiger partial charge in [0.1, 0.15) is 5.75 Å². The summed E-state index contributed by atoms with van der Waals surface area (Å²) in [5.41, 5.74) is 0.368. The van der Waals surface area contributed by atoms with E-state index >= 15 is 0 Å². The predicted octanol–water partition coefficient (Wildman–Crippen LogP) is 2.90. The van der Waals surface area contributed by atoms with Crippen molar-refractivity contribution in [2.24, 2.45) is 0 Å². The third-order valence-corrected chi connectivity index (χ3v) is 2.24. The summed E-state index contributed by atoms with van der Waals surface area (Å²) in [7, 11) is 0. The number of allylic oxidation sites excluding steroid dienone is 3. The molecule has 22 heavy (non-hydrogen) atoms.